The van der Waals surface area contributed by atoms with Crippen molar-refractivity contribution in [1.82, 2.24) is 20.5 Å². The Morgan fingerprint density at radius 2 is 1.97 bits per heavy atom. The molecule has 31 heavy (non-hydrogen) atoms. The van der Waals surface area contributed by atoms with Crippen LogP contribution in [-0.4, -0.2) is 72.5 Å². The van der Waals surface area contributed by atoms with Crippen LogP contribution in [0.5, 0.6) is 0 Å². The Bertz CT molecular complexity index is 823. The van der Waals surface area contributed by atoms with Crippen LogP contribution in [0.1, 0.15) is 24.4 Å². The van der Waals surface area contributed by atoms with Crippen molar-refractivity contribution in [1.29, 1.82) is 0 Å². The van der Waals surface area contributed by atoms with Crippen molar-refractivity contribution in [2.24, 2.45) is 4.99 Å². The van der Waals surface area contributed by atoms with Crippen LogP contribution in [0.15, 0.2) is 35.3 Å². The summed E-state index contributed by atoms with van der Waals surface area (Å²) in [6, 6.07) is 10.2. The lowest BCUT2D eigenvalue weighted by Gasteiger charge is -2.34. The number of aryl methyl sites for hydroxylation is 1. The first-order valence-corrected chi connectivity index (χ1v) is 11.3. The molecule has 1 unspecified atom stereocenters. The second kappa shape index (κ2) is 12.7. The van der Waals surface area contributed by atoms with Crippen LogP contribution in [0.2, 0.25) is 0 Å². The number of ether oxygens (including phenoxy) is 1. The highest BCUT2D eigenvalue weighted by molar-refractivity contribution is 14.0. The summed E-state index contributed by atoms with van der Waals surface area (Å²) >= 11 is 1.68. The molecule has 0 saturated carbocycles. The lowest BCUT2D eigenvalue weighted by molar-refractivity contribution is -0.0201. The number of rotatable bonds is 8. The van der Waals surface area contributed by atoms with Gasteiger partial charge in [0.15, 0.2) is 5.96 Å². The Hall–Kier alpha value is -1.27. The number of nitrogens with zero attached hydrogens (tertiary/aromatic N) is 3. The molecule has 0 bridgehead atoms. The zero-order valence-electron chi connectivity index (χ0n) is 18.6. The summed E-state index contributed by atoms with van der Waals surface area (Å²) in [5, 5.41) is 18.4. The molecule has 2 aromatic rings. The fourth-order valence-electron chi connectivity index (χ4n) is 3.34. The monoisotopic (exact) mass is 559 g/mol. The van der Waals surface area contributed by atoms with Gasteiger partial charge in [0, 0.05) is 43.2 Å². The van der Waals surface area contributed by atoms with Crippen molar-refractivity contribution in [3.8, 4) is 10.6 Å². The Kier molecular flexibility index (Phi) is 10.6. The largest absolute Gasteiger partial charge is 0.387 e. The molecule has 1 aromatic heterocycles. The number of hydrogen-bond acceptors (Lipinski definition) is 6. The fraction of sp³-hybridized carbons (Fsp3) is 0.545. The molecule has 1 aliphatic heterocycles. The molecule has 2 heterocycles. The van der Waals surface area contributed by atoms with Gasteiger partial charge in [-0.3, -0.25) is 4.90 Å². The number of thiazole rings is 1. The van der Waals surface area contributed by atoms with Crippen LogP contribution in [0.25, 0.3) is 10.6 Å². The van der Waals surface area contributed by atoms with Gasteiger partial charge < -0.3 is 20.5 Å². The average molecular weight is 560 g/mol. The molecule has 1 aliphatic rings. The van der Waals surface area contributed by atoms with Crippen LogP contribution in [0, 0.1) is 6.92 Å². The molecule has 1 saturated heterocycles. The highest BCUT2D eigenvalue weighted by Crippen LogP contribution is 2.28. The number of nitrogens with one attached hydrogen (secondary N) is 2. The molecule has 0 radical (unpaired) electrons. The van der Waals surface area contributed by atoms with Crippen LogP contribution >= 0.6 is 35.3 Å². The summed E-state index contributed by atoms with van der Waals surface area (Å²) in [5.74, 6) is 0.703. The molecule has 1 atom stereocenters. The summed E-state index contributed by atoms with van der Waals surface area (Å²) in [6.07, 6.45) is 0. The summed E-state index contributed by atoms with van der Waals surface area (Å²) in [7, 11) is 0. The maximum absolute atomic E-state index is 10.8. The number of guanidine groups is 1. The Balaban J connectivity index is 0.00000341. The minimum absolute atomic E-state index is 0. The number of benzene rings is 1. The number of halogens is 1. The first-order valence-electron chi connectivity index (χ1n) is 10.5. The number of aliphatic hydroxyl groups is 1. The Morgan fingerprint density at radius 1 is 1.26 bits per heavy atom. The van der Waals surface area contributed by atoms with Crippen molar-refractivity contribution < 1.29 is 9.84 Å². The van der Waals surface area contributed by atoms with E-state index in [1.165, 1.54) is 0 Å². The van der Waals surface area contributed by atoms with Crippen molar-refractivity contribution >= 4 is 41.3 Å². The summed E-state index contributed by atoms with van der Waals surface area (Å²) in [4.78, 5) is 12.8. The van der Waals surface area contributed by atoms with Gasteiger partial charge in [0.05, 0.1) is 31.1 Å². The van der Waals surface area contributed by atoms with Gasteiger partial charge in [-0.15, -0.1) is 35.3 Å². The van der Waals surface area contributed by atoms with E-state index in [-0.39, 0.29) is 24.0 Å². The van der Waals surface area contributed by atoms with E-state index < -0.39 is 5.60 Å². The van der Waals surface area contributed by atoms with E-state index in [4.69, 9.17) is 14.7 Å². The number of aliphatic imine (C=N–C) groups is 1. The van der Waals surface area contributed by atoms with Crippen LogP contribution in [0.3, 0.4) is 0 Å². The van der Waals surface area contributed by atoms with Gasteiger partial charge in [0.1, 0.15) is 5.01 Å². The van der Waals surface area contributed by atoms with E-state index in [9.17, 15) is 5.11 Å². The van der Waals surface area contributed by atoms with Crippen LogP contribution in [-0.2, 0) is 11.3 Å². The predicted molar refractivity (Wildman–Crippen MR) is 138 cm³/mol. The van der Waals surface area contributed by atoms with E-state index in [1.807, 2.05) is 39.0 Å². The molecule has 3 N–H and O–H groups in total. The lowest BCUT2D eigenvalue weighted by Crippen LogP contribution is -2.52. The van der Waals surface area contributed by atoms with E-state index in [0.29, 0.717) is 25.6 Å². The number of hydrogen-bond donors (Lipinski definition) is 3. The van der Waals surface area contributed by atoms with Gasteiger partial charge >= 0.3 is 0 Å². The smallest absolute Gasteiger partial charge is 0.191 e. The predicted octanol–water partition coefficient (Wildman–Crippen LogP) is 2.87. The maximum atomic E-state index is 10.8. The summed E-state index contributed by atoms with van der Waals surface area (Å²) in [6.45, 7) is 11.4. The molecule has 0 aliphatic carbocycles. The molecule has 0 amide bonds. The second-order valence-electron chi connectivity index (χ2n) is 7.83. The van der Waals surface area contributed by atoms with E-state index >= 15 is 0 Å². The SMILES string of the molecule is CCNC(=NCc1sc(-c2ccccc2)nc1C)NCC(C)(O)CN1CCOCC1.I. The third-order valence-electron chi connectivity index (χ3n) is 4.94. The molecule has 7 nitrogen and oxygen atoms in total. The highest BCUT2D eigenvalue weighted by Gasteiger charge is 2.25. The van der Waals surface area contributed by atoms with E-state index in [2.05, 4.69) is 27.7 Å². The van der Waals surface area contributed by atoms with E-state index in [0.717, 1.165) is 54.0 Å². The lowest BCUT2D eigenvalue weighted by atomic mass is 10.1. The normalized spacial score (nSPS) is 17.0. The van der Waals surface area contributed by atoms with Gasteiger partial charge in [0.2, 0.25) is 0 Å². The third kappa shape index (κ3) is 8.30. The molecule has 3 rings (SSSR count). The van der Waals surface area contributed by atoms with Crippen molar-refractivity contribution in [2.75, 3.05) is 45.9 Å². The summed E-state index contributed by atoms with van der Waals surface area (Å²) in [5.41, 5.74) is 1.29. The first-order chi connectivity index (χ1) is 14.5. The molecule has 0 spiro atoms. The van der Waals surface area contributed by atoms with Gasteiger partial charge in [-0.25, -0.2) is 9.98 Å². The van der Waals surface area contributed by atoms with Gasteiger partial charge in [-0.1, -0.05) is 30.3 Å². The first kappa shape index (κ1) is 26.0. The highest BCUT2D eigenvalue weighted by atomic mass is 127. The molecule has 1 aromatic carbocycles. The standard InChI is InChI=1S/C22H33N5O2S.HI/c1-4-23-21(25-15-22(3,28)16-27-10-12-29-13-11-27)24-14-19-17(2)26-20(30-19)18-8-6-5-7-9-18;/h5-9,28H,4,10-16H2,1-3H3,(H2,23,24,25);1H. The maximum Gasteiger partial charge on any atom is 0.191 e. The van der Waals surface area contributed by atoms with Gasteiger partial charge in [0.25, 0.3) is 0 Å². The molecule has 1 fully saturated rings. The molecule has 9 heteroatoms. The Morgan fingerprint density at radius 3 is 2.65 bits per heavy atom. The van der Waals surface area contributed by atoms with Crippen LogP contribution in [0.4, 0.5) is 0 Å². The molecular formula is C22H34IN5O2S. The topological polar surface area (TPSA) is 82.0 Å². The fourth-order valence-corrected chi connectivity index (χ4v) is 4.33. The number of β-amino-alcohol motifs (C(OH)–C–C–N with tert-alkyl or cyclic N) is 1. The minimum atomic E-state index is -0.853. The van der Waals surface area contributed by atoms with Crippen molar-refractivity contribution in [3.05, 3.63) is 40.9 Å². The minimum Gasteiger partial charge on any atom is -0.387 e. The summed E-state index contributed by atoms with van der Waals surface area (Å²) < 4.78 is 5.39. The Labute approximate surface area is 206 Å². The van der Waals surface area contributed by atoms with E-state index in [1.54, 1.807) is 11.3 Å². The number of aromatic nitrogens is 1. The molecule has 172 valence electrons. The zero-order chi connectivity index (χ0) is 21.4. The number of morpholine rings is 1. The van der Waals surface area contributed by atoms with Crippen molar-refractivity contribution in [2.45, 2.75) is 32.9 Å². The third-order valence-corrected chi connectivity index (χ3v) is 6.13. The van der Waals surface area contributed by atoms with Gasteiger partial charge in [-0.05, 0) is 20.8 Å². The zero-order valence-corrected chi connectivity index (χ0v) is 21.7. The second-order valence-corrected chi connectivity index (χ2v) is 8.91. The van der Waals surface area contributed by atoms with Crippen molar-refractivity contribution in [3.63, 3.8) is 0 Å². The van der Waals surface area contributed by atoms with Crippen LogP contribution < -0.4 is 10.6 Å². The average Bonchev–Trinajstić information content (AvgIpc) is 3.12. The molecular weight excluding hydrogens is 525 g/mol. The quantitative estimate of drug-likeness (QED) is 0.262. The van der Waals surface area contributed by atoms with Gasteiger partial charge in [-0.2, -0.15) is 0 Å².